The molecule has 0 amide bonds. The van der Waals surface area contributed by atoms with Gasteiger partial charge in [0.2, 0.25) is 10.0 Å². The lowest BCUT2D eigenvalue weighted by Crippen LogP contribution is -2.34. The molecule has 1 N–H and O–H groups in total. The average molecular weight is 266 g/mol. The van der Waals surface area contributed by atoms with Crippen LogP contribution in [0.25, 0.3) is 0 Å². The maximum Gasteiger partial charge on any atom is 0.242 e. The third-order valence-electron chi connectivity index (χ3n) is 2.42. The molecule has 1 atom stereocenters. The first kappa shape index (κ1) is 12.8. The summed E-state index contributed by atoms with van der Waals surface area (Å²) in [5.41, 5.74) is 0.955. The number of sulfonamides is 1. The van der Waals surface area contributed by atoms with Crippen LogP contribution in [0, 0.1) is 0 Å². The fraction of sp³-hybridized carbons (Fsp3) is 0.250. The van der Waals surface area contributed by atoms with Crippen molar-refractivity contribution in [2.24, 2.45) is 0 Å². The van der Waals surface area contributed by atoms with Crippen molar-refractivity contribution in [1.29, 1.82) is 0 Å². The second-order valence-corrected chi connectivity index (χ2v) is 5.76. The molecule has 0 bridgehead atoms. The molecule has 18 heavy (non-hydrogen) atoms. The number of aromatic nitrogens is 1. The Morgan fingerprint density at radius 2 is 2.28 bits per heavy atom. The van der Waals surface area contributed by atoms with Crippen LogP contribution in [-0.4, -0.2) is 19.4 Å². The second-order valence-electron chi connectivity index (χ2n) is 4.05. The second kappa shape index (κ2) is 5.32. The van der Waals surface area contributed by atoms with Gasteiger partial charge in [-0.3, -0.25) is 4.98 Å². The molecule has 0 radical (unpaired) electrons. The van der Waals surface area contributed by atoms with Gasteiger partial charge in [0.25, 0.3) is 0 Å². The Morgan fingerprint density at radius 1 is 1.44 bits per heavy atom. The Balaban J connectivity index is 2.05. The Labute approximate surface area is 106 Å². The van der Waals surface area contributed by atoms with E-state index in [9.17, 15) is 8.42 Å². The molecule has 0 unspecified atom stereocenters. The van der Waals surface area contributed by atoms with Crippen molar-refractivity contribution in [2.45, 2.75) is 24.3 Å². The van der Waals surface area contributed by atoms with Crippen molar-refractivity contribution in [3.8, 4) is 0 Å². The van der Waals surface area contributed by atoms with Gasteiger partial charge in [-0.15, -0.1) is 0 Å². The largest absolute Gasteiger partial charge is 0.472 e. The standard InChI is InChI=1S/C12H14N2O3S/c1-10(7-11-4-6-17-9-11)14-18(15,16)12-3-2-5-13-8-12/h2-6,8-10,14H,7H2,1H3/t10-/m1/s1. The van der Waals surface area contributed by atoms with Gasteiger partial charge >= 0.3 is 0 Å². The van der Waals surface area contributed by atoms with Crippen molar-refractivity contribution in [3.05, 3.63) is 48.7 Å². The summed E-state index contributed by atoms with van der Waals surface area (Å²) in [7, 11) is -3.51. The molecule has 0 saturated carbocycles. The van der Waals surface area contributed by atoms with Crippen molar-refractivity contribution in [2.75, 3.05) is 0 Å². The molecule has 0 fully saturated rings. The molecule has 5 nitrogen and oxygen atoms in total. The zero-order valence-corrected chi connectivity index (χ0v) is 10.7. The number of hydrogen-bond donors (Lipinski definition) is 1. The molecule has 2 aromatic rings. The highest BCUT2D eigenvalue weighted by atomic mass is 32.2. The summed E-state index contributed by atoms with van der Waals surface area (Å²) in [6, 6.07) is 4.71. The van der Waals surface area contributed by atoms with E-state index < -0.39 is 10.0 Å². The van der Waals surface area contributed by atoms with Gasteiger partial charge < -0.3 is 4.42 Å². The SMILES string of the molecule is C[C@H](Cc1ccoc1)NS(=O)(=O)c1cccnc1. The van der Waals surface area contributed by atoms with Gasteiger partial charge in [0.05, 0.1) is 12.5 Å². The van der Waals surface area contributed by atoms with Crippen LogP contribution < -0.4 is 4.72 Å². The Bertz CT molecular complexity index is 579. The number of rotatable bonds is 5. The van der Waals surface area contributed by atoms with Crippen molar-refractivity contribution >= 4 is 10.0 Å². The topological polar surface area (TPSA) is 72.2 Å². The van der Waals surface area contributed by atoms with Gasteiger partial charge in [-0.05, 0) is 37.1 Å². The fourth-order valence-electron chi connectivity index (χ4n) is 1.64. The molecule has 0 spiro atoms. The smallest absolute Gasteiger partial charge is 0.242 e. The summed E-state index contributed by atoms with van der Waals surface area (Å²) in [5.74, 6) is 0. The summed E-state index contributed by atoms with van der Waals surface area (Å²) in [5, 5.41) is 0. The highest BCUT2D eigenvalue weighted by Crippen LogP contribution is 2.09. The summed E-state index contributed by atoms with van der Waals surface area (Å²) < 4.78 is 31.5. The number of nitrogens with one attached hydrogen (secondary N) is 1. The molecule has 0 aliphatic carbocycles. The molecule has 0 aliphatic rings. The van der Waals surface area contributed by atoms with Crippen LogP contribution in [0.4, 0.5) is 0 Å². The van der Waals surface area contributed by atoms with Crippen LogP contribution >= 0.6 is 0 Å². The Morgan fingerprint density at radius 3 is 2.89 bits per heavy atom. The first-order chi connectivity index (χ1) is 8.58. The van der Waals surface area contributed by atoms with Crippen molar-refractivity contribution in [1.82, 2.24) is 9.71 Å². The van der Waals surface area contributed by atoms with Gasteiger partial charge in [0, 0.05) is 18.4 Å². The van der Waals surface area contributed by atoms with Crippen LogP contribution in [-0.2, 0) is 16.4 Å². The molecule has 2 heterocycles. The zero-order valence-electron chi connectivity index (χ0n) is 9.91. The lowest BCUT2D eigenvalue weighted by atomic mass is 10.1. The number of furan rings is 1. The summed E-state index contributed by atoms with van der Waals surface area (Å²) in [6.07, 6.45) is 6.61. The molecule has 2 rings (SSSR count). The summed E-state index contributed by atoms with van der Waals surface area (Å²) in [4.78, 5) is 3.97. The lowest BCUT2D eigenvalue weighted by molar-refractivity contribution is 0.549. The van der Waals surface area contributed by atoms with Crippen LogP contribution in [0.2, 0.25) is 0 Å². The van der Waals surface area contributed by atoms with E-state index in [0.717, 1.165) is 5.56 Å². The van der Waals surface area contributed by atoms with E-state index in [1.807, 2.05) is 6.07 Å². The van der Waals surface area contributed by atoms with E-state index in [4.69, 9.17) is 4.42 Å². The highest BCUT2D eigenvalue weighted by Gasteiger charge is 2.17. The molecular formula is C12H14N2O3S. The van der Waals surface area contributed by atoms with Crippen LogP contribution in [0.15, 0.2) is 52.4 Å². The highest BCUT2D eigenvalue weighted by molar-refractivity contribution is 7.89. The lowest BCUT2D eigenvalue weighted by Gasteiger charge is -2.12. The van der Waals surface area contributed by atoms with E-state index in [-0.39, 0.29) is 10.9 Å². The van der Waals surface area contributed by atoms with E-state index in [0.29, 0.717) is 6.42 Å². The summed E-state index contributed by atoms with van der Waals surface area (Å²) in [6.45, 7) is 1.81. The van der Waals surface area contributed by atoms with Gasteiger partial charge in [0.15, 0.2) is 0 Å². The van der Waals surface area contributed by atoms with Gasteiger partial charge in [-0.1, -0.05) is 0 Å². The molecule has 96 valence electrons. The van der Waals surface area contributed by atoms with E-state index in [1.54, 1.807) is 25.5 Å². The Hall–Kier alpha value is -1.66. The number of hydrogen-bond acceptors (Lipinski definition) is 4. The maximum absolute atomic E-state index is 12.0. The predicted octanol–water partition coefficient (Wildman–Crippen LogP) is 1.58. The Kier molecular flexibility index (Phi) is 3.78. The molecule has 2 aromatic heterocycles. The van der Waals surface area contributed by atoms with E-state index in [2.05, 4.69) is 9.71 Å². The fourth-order valence-corrected chi connectivity index (χ4v) is 2.85. The third-order valence-corrected chi connectivity index (χ3v) is 4.00. The van der Waals surface area contributed by atoms with Crippen molar-refractivity contribution < 1.29 is 12.8 Å². The maximum atomic E-state index is 12.0. The number of pyridine rings is 1. The van der Waals surface area contributed by atoms with E-state index >= 15 is 0 Å². The van der Waals surface area contributed by atoms with Gasteiger partial charge in [-0.25, -0.2) is 13.1 Å². The van der Waals surface area contributed by atoms with Crippen LogP contribution in [0.5, 0.6) is 0 Å². The minimum Gasteiger partial charge on any atom is -0.472 e. The minimum absolute atomic E-state index is 0.170. The molecule has 6 heteroatoms. The van der Waals surface area contributed by atoms with Crippen LogP contribution in [0.1, 0.15) is 12.5 Å². The predicted molar refractivity (Wildman–Crippen MR) is 66.4 cm³/mol. The number of nitrogens with zero attached hydrogens (tertiary/aromatic N) is 1. The first-order valence-corrected chi connectivity index (χ1v) is 7.00. The molecule has 0 aliphatic heterocycles. The van der Waals surface area contributed by atoms with Crippen LogP contribution in [0.3, 0.4) is 0 Å². The first-order valence-electron chi connectivity index (χ1n) is 5.51. The normalized spacial score (nSPS) is 13.4. The quantitative estimate of drug-likeness (QED) is 0.892. The monoisotopic (exact) mass is 266 g/mol. The molecule has 0 aromatic carbocycles. The minimum atomic E-state index is -3.51. The molecular weight excluding hydrogens is 252 g/mol. The zero-order chi connectivity index (χ0) is 13.0. The van der Waals surface area contributed by atoms with Gasteiger partial charge in [0.1, 0.15) is 4.90 Å². The average Bonchev–Trinajstić information content (AvgIpc) is 2.82. The van der Waals surface area contributed by atoms with Gasteiger partial charge in [-0.2, -0.15) is 0 Å². The third kappa shape index (κ3) is 3.18. The molecule has 0 saturated heterocycles. The summed E-state index contributed by atoms with van der Waals surface area (Å²) >= 11 is 0. The van der Waals surface area contributed by atoms with E-state index in [1.165, 1.54) is 18.5 Å². The van der Waals surface area contributed by atoms with Crippen molar-refractivity contribution in [3.63, 3.8) is 0 Å².